The van der Waals surface area contributed by atoms with Crippen LogP contribution in [0.1, 0.15) is 45.6 Å². The van der Waals surface area contributed by atoms with Crippen molar-refractivity contribution in [2.75, 3.05) is 5.75 Å². The Labute approximate surface area is 149 Å². The molecular weight excluding hydrogens is 350 g/mol. The van der Waals surface area contributed by atoms with Crippen molar-refractivity contribution in [3.63, 3.8) is 0 Å². The van der Waals surface area contributed by atoms with Gasteiger partial charge in [-0.15, -0.1) is 5.10 Å². The Bertz CT molecular complexity index is 712. The predicted octanol–water partition coefficient (Wildman–Crippen LogP) is 2.46. The third kappa shape index (κ3) is 3.24. The number of thioether (sulfide) groups is 1. The van der Waals surface area contributed by atoms with E-state index in [1.807, 2.05) is 0 Å². The van der Waals surface area contributed by atoms with E-state index in [2.05, 4.69) is 34.1 Å². The van der Waals surface area contributed by atoms with Crippen LogP contribution in [-0.2, 0) is 0 Å². The molecule has 0 amide bonds. The van der Waals surface area contributed by atoms with Crippen LogP contribution in [0.2, 0.25) is 5.15 Å². The van der Waals surface area contributed by atoms with Gasteiger partial charge in [-0.3, -0.25) is 0 Å². The molecule has 3 rings (SSSR count). The van der Waals surface area contributed by atoms with E-state index >= 15 is 0 Å². The average Bonchev–Trinajstić information content (AvgIpc) is 3.10. The maximum atomic E-state index is 10.4. The second-order valence-corrected chi connectivity index (χ2v) is 7.60. The molecule has 0 radical (unpaired) electrons. The molecule has 24 heavy (non-hydrogen) atoms. The summed E-state index contributed by atoms with van der Waals surface area (Å²) in [5.41, 5.74) is 0.945. The van der Waals surface area contributed by atoms with Gasteiger partial charge in [0, 0.05) is 5.75 Å². The minimum atomic E-state index is -0.882. The van der Waals surface area contributed by atoms with Gasteiger partial charge in [0.15, 0.2) is 21.5 Å². The molecule has 0 aliphatic heterocycles. The second-order valence-electron chi connectivity index (χ2n) is 6.18. The van der Waals surface area contributed by atoms with Crippen molar-refractivity contribution in [2.24, 2.45) is 5.92 Å². The van der Waals surface area contributed by atoms with E-state index in [0.717, 1.165) is 25.0 Å². The molecule has 1 saturated carbocycles. The third-order valence-electron chi connectivity index (χ3n) is 4.44. The molecule has 132 valence electrons. The summed E-state index contributed by atoms with van der Waals surface area (Å²) < 4.78 is 1.60. The summed E-state index contributed by atoms with van der Waals surface area (Å²) in [7, 11) is 0. The Balaban J connectivity index is 1.96. The predicted molar refractivity (Wildman–Crippen MR) is 93.2 cm³/mol. The highest BCUT2D eigenvalue weighted by Gasteiger charge is 2.43. The fourth-order valence-corrected chi connectivity index (χ4v) is 4.21. The maximum Gasteiger partial charge on any atom is 0.191 e. The van der Waals surface area contributed by atoms with Crippen LogP contribution in [-0.4, -0.2) is 53.1 Å². The quantitative estimate of drug-likeness (QED) is 0.457. The zero-order chi connectivity index (χ0) is 17.3. The van der Waals surface area contributed by atoms with Gasteiger partial charge in [0.25, 0.3) is 0 Å². The first-order valence-electron chi connectivity index (χ1n) is 8.34. The third-order valence-corrected chi connectivity index (χ3v) is 5.76. The van der Waals surface area contributed by atoms with Crippen LogP contribution in [0.25, 0.3) is 11.2 Å². The summed E-state index contributed by atoms with van der Waals surface area (Å²) in [6.07, 6.45) is 1.85. The monoisotopic (exact) mass is 371 g/mol. The van der Waals surface area contributed by atoms with E-state index < -0.39 is 12.2 Å². The fraction of sp³-hybridized carbons (Fsp3) is 0.733. The Kier molecular flexibility index (Phi) is 5.59. The Hall–Kier alpha value is -0.960. The largest absolute Gasteiger partial charge is 0.390 e. The molecule has 0 bridgehead atoms. The molecule has 2 aromatic heterocycles. The van der Waals surface area contributed by atoms with E-state index in [4.69, 9.17) is 11.6 Å². The van der Waals surface area contributed by atoms with Gasteiger partial charge < -0.3 is 10.2 Å². The van der Waals surface area contributed by atoms with Crippen molar-refractivity contribution in [3.8, 4) is 0 Å². The second kappa shape index (κ2) is 7.51. The number of fused-ring (bicyclic) bond motifs is 1. The van der Waals surface area contributed by atoms with Gasteiger partial charge in [-0.1, -0.05) is 48.8 Å². The van der Waals surface area contributed by atoms with Gasteiger partial charge in [0.2, 0.25) is 0 Å². The summed E-state index contributed by atoms with van der Waals surface area (Å²) in [6, 6.07) is -0.350. The first kappa shape index (κ1) is 17.8. The SMILES string of the molecule is CCCSc1nc(Cl)c2nnn(C3CC(CCC)[C@@H](O)[C@H]3O)c2n1. The number of hydrogen-bond donors (Lipinski definition) is 2. The summed E-state index contributed by atoms with van der Waals surface area (Å²) in [4.78, 5) is 8.77. The molecule has 2 aromatic rings. The lowest BCUT2D eigenvalue weighted by atomic mass is 10.00. The molecule has 2 N–H and O–H groups in total. The van der Waals surface area contributed by atoms with E-state index in [0.29, 0.717) is 22.7 Å². The lowest BCUT2D eigenvalue weighted by Gasteiger charge is -2.17. The van der Waals surface area contributed by atoms with Gasteiger partial charge in [-0.2, -0.15) is 0 Å². The van der Waals surface area contributed by atoms with Crippen LogP contribution in [0.15, 0.2) is 5.16 Å². The van der Waals surface area contributed by atoms with Crippen molar-refractivity contribution in [1.82, 2.24) is 25.0 Å². The Morgan fingerprint density at radius 1 is 1.21 bits per heavy atom. The minimum Gasteiger partial charge on any atom is -0.390 e. The molecule has 7 nitrogen and oxygen atoms in total. The van der Waals surface area contributed by atoms with E-state index in [-0.39, 0.29) is 17.1 Å². The minimum absolute atomic E-state index is 0.0560. The van der Waals surface area contributed by atoms with Crippen LogP contribution in [0.5, 0.6) is 0 Å². The fourth-order valence-electron chi connectivity index (χ4n) is 3.26. The summed E-state index contributed by atoms with van der Waals surface area (Å²) in [5.74, 6) is 0.952. The van der Waals surface area contributed by atoms with Crippen LogP contribution in [0.3, 0.4) is 0 Å². The van der Waals surface area contributed by atoms with Crippen molar-refractivity contribution in [3.05, 3.63) is 5.15 Å². The summed E-state index contributed by atoms with van der Waals surface area (Å²) >= 11 is 7.74. The van der Waals surface area contributed by atoms with Crippen molar-refractivity contribution >= 4 is 34.5 Å². The first-order chi connectivity index (χ1) is 11.6. The number of halogens is 1. The topological polar surface area (TPSA) is 97.0 Å². The standard InChI is InChI=1S/C15H22ClN5O2S/c1-3-5-8-7-9(12(23)11(8)22)21-14-10(19-20-21)13(16)17-15(18-14)24-6-4-2/h8-9,11-12,22-23H,3-7H2,1-2H3/t8?,9?,11-,12+/m1/s1. The number of hydrogen-bond acceptors (Lipinski definition) is 7. The van der Waals surface area contributed by atoms with Gasteiger partial charge in [0.1, 0.15) is 6.10 Å². The molecule has 2 unspecified atom stereocenters. The van der Waals surface area contributed by atoms with Crippen molar-refractivity contribution < 1.29 is 10.2 Å². The molecule has 1 aliphatic carbocycles. The number of aromatic nitrogens is 5. The van der Waals surface area contributed by atoms with Crippen LogP contribution < -0.4 is 0 Å². The molecule has 0 saturated heterocycles. The molecule has 4 atom stereocenters. The van der Waals surface area contributed by atoms with Gasteiger partial charge in [-0.05, 0) is 25.2 Å². The van der Waals surface area contributed by atoms with E-state index in [9.17, 15) is 10.2 Å². The number of aliphatic hydroxyl groups excluding tert-OH is 2. The summed E-state index contributed by atoms with van der Waals surface area (Å²) in [5, 5.41) is 29.8. The normalized spacial score (nSPS) is 27.2. The Morgan fingerprint density at radius 3 is 2.71 bits per heavy atom. The maximum absolute atomic E-state index is 10.4. The molecule has 9 heteroatoms. The molecular formula is C15H22ClN5O2S. The highest BCUT2D eigenvalue weighted by atomic mass is 35.5. The van der Waals surface area contributed by atoms with Crippen LogP contribution in [0.4, 0.5) is 0 Å². The lowest BCUT2D eigenvalue weighted by Crippen LogP contribution is -2.30. The van der Waals surface area contributed by atoms with Crippen molar-refractivity contribution in [1.29, 1.82) is 0 Å². The van der Waals surface area contributed by atoms with Gasteiger partial charge in [-0.25, -0.2) is 14.6 Å². The van der Waals surface area contributed by atoms with E-state index in [1.165, 1.54) is 11.8 Å². The highest BCUT2D eigenvalue weighted by molar-refractivity contribution is 7.99. The van der Waals surface area contributed by atoms with Crippen LogP contribution in [0, 0.1) is 5.92 Å². The lowest BCUT2D eigenvalue weighted by molar-refractivity contribution is 0.00343. The van der Waals surface area contributed by atoms with Gasteiger partial charge >= 0.3 is 0 Å². The number of nitrogens with zero attached hydrogens (tertiary/aromatic N) is 5. The highest BCUT2D eigenvalue weighted by Crippen LogP contribution is 2.38. The van der Waals surface area contributed by atoms with Crippen molar-refractivity contribution in [2.45, 2.75) is 62.9 Å². The molecule has 0 aromatic carbocycles. The molecule has 1 fully saturated rings. The number of aliphatic hydroxyl groups is 2. The Morgan fingerprint density at radius 2 is 2.00 bits per heavy atom. The number of rotatable bonds is 6. The zero-order valence-corrected chi connectivity index (χ0v) is 15.3. The average molecular weight is 372 g/mol. The zero-order valence-electron chi connectivity index (χ0n) is 13.8. The molecule has 0 spiro atoms. The molecule has 2 heterocycles. The summed E-state index contributed by atoms with van der Waals surface area (Å²) in [6.45, 7) is 4.16. The van der Waals surface area contributed by atoms with Crippen LogP contribution >= 0.6 is 23.4 Å². The molecule has 1 aliphatic rings. The smallest absolute Gasteiger partial charge is 0.191 e. The van der Waals surface area contributed by atoms with E-state index in [1.54, 1.807) is 4.68 Å². The first-order valence-corrected chi connectivity index (χ1v) is 9.70. The van der Waals surface area contributed by atoms with Gasteiger partial charge in [0.05, 0.1) is 12.1 Å².